The van der Waals surface area contributed by atoms with E-state index in [1.807, 2.05) is 6.07 Å². The number of nitrogen functional groups attached to an aromatic ring is 1. The molecule has 0 unspecified atom stereocenters. The van der Waals surface area contributed by atoms with Crippen LogP contribution in [0.15, 0.2) is 6.07 Å². The van der Waals surface area contributed by atoms with E-state index in [4.69, 9.17) is 15.2 Å². The molecule has 0 atom stereocenters. The lowest BCUT2D eigenvalue weighted by atomic mass is 10.3. The molecule has 94 valence electrons. The quantitative estimate of drug-likeness (QED) is 0.809. The van der Waals surface area contributed by atoms with Crippen LogP contribution in [0.3, 0.4) is 0 Å². The number of hydrogen-bond acceptors (Lipinski definition) is 6. The lowest BCUT2D eigenvalue weighted by Crippen LogP contribution is -2.24. The predicted octanol–water partition coefficient (Wildman–Crippen LogP) is 1.34. The number of methoxy groups -OCH3 is 1. The first-order valence-corrected chi connectivity index (χ1v) is 6.34. The van der Waals surface area contributed by atoms with E-state index in [9.17, 15) is 4.79 Å². The Morgan fingerprint density at radius 1 is 1.53 bits per heavy atom. The molecule has 0 aliphatic carbocycles. The third-order valence-corrected chi connectivity index (χ3v) is 3.84. The van der Waals surface area contributed by atoms with Gasteiger partial charge in [-0.05, 0) is 12.5 Å². The standard InChI is InChI=1S/C11H16N2O3S/c1-15-11(14)10-8(12)7-9(17-10)13-3-2-5-16-6-4-13/h7H,2-6,12H2,1H3. The SMILES string of the molecule is COC(=O)c1sc(N2CCCOCC2)cc1N. The summed E-state index contributed by atoms with van der Waals surface area (Å²) in [7, 11) is 1.36. The molecule has 1 aromatic rings. The number of ether oxygens (including phenoxy) is 2. The summed E-state index contributed by atoms with van der Waals surface area (Å²) in [5.74, 6) is -0.371. The van der Waals surface area contributed by atoms with Crippen LogP contribution in [0.5, 0.6) is 0 Å². The fourth-order valence-corrected chi connectivity index (χ4v) is 2.82. The van der Waals surface area contributed by atoms with Gasteiger partial charge in [0.2, 0.25) is 0 Å². The summed E-state index contributed by atoms with van der Waals surface area (Å²) in [4.78, 5) is 14.1. The highest BCUT2D eigenvalue weighted by Crippen LogP contribution is 2.33. The van der Waals surface area contributed by atoms with Crippen LogP contribution in [0.1, 0.15) is 16.1 Å². The number of carbonyl (C=O) groups excluding carboxylic acids is 1. The smallest absolute Gasteiger partial charge is 0.350 e. The second kappa shape index (κ2) is 5.37. The normalized spacial score (nSPS) is 16.6. The van der Waals surface area contributed by atoms with E-state index in [2.05, 4.69) is 4.90 Å². The number of nitrogens with two attached hydrogens (primary N) is 1. The monoisotopic (exact) mass is 256 g/mol. The summed E-state index contributed by atoms with van der Waals surface area (Å²) in [5.41, 5.74) is 6.30. The van der Waals surface area contributed by atoms with E-state index >= 15 is 0 Å². The molecule has 0 bridgehead atoms. The van der Waals surface area contributed by atoms with Crippen molar-refractivity contribution in [1.29, 1.82) is 0 Å². The Hall–Kier alpha value is -1.27. The highest BCUT2D eigenvalue weighted by molar-refractivity contribution is 7.18. The Kier molecular flexibility index (Phi) is 3.86. The molecule has 0 spiro atoms. The molecule has 1 aliphatic rings. The summed E-state index contributed by atoms with van der Waals surface area (Å²) in [6.07, 6.45) is 0.991. The van der Waals surface area contributed by atoms with Gasteiger partial charge in [0, 0.05) is 19.7 Å². The van der Waals surface area contributed by atoms with E-state index in [1.54, 1.807) is 0 Å². The number of thiophene rings is 1. The summed E-state index contributed by atoms with van der Waals surface area (Å²) in [6, 6.07) is 1.84. The number of carbonyl (C=O) groups is 1. The summed E-state index contributed by atoms with van der Waals surface area (Å²) < 4.78 is 10.1. The van der Waals surface area contributed by atoms with Crippen molar-refractivity contribution < 1.29 is 14.3 Å². The maximum Gasteiger partial charge on any atom is 0.350 e. The molecule has 0 aromatic carbocycles. The molecule has 1 aromatic heterocycles. The van der Waals surface area contributed by atoms with Gasteiger partial charge in [0.25, 0.3) is 0 Å². The van der Waals surface area contributed by atoms with Gasteiger partial charge in [0.1, 0.15) is 4.88 Å². The molecule has 1 fully saturated rings. The molecule has 6 heteroatoms. The molecule has 0 radical (unpaired) electrons. The van der Waals surface area contributed by atoms with E-state index in [1.165, 1.54) is 18.4 Å². The van der Waals surface area contributed by atoms with E-state index in [0.29, 0.717) is 17.2 Å². The van der Waals surface area contributed by atoms with Crippen LogP contribution in [0.4, 0.5) is 10.7 Å². The zero-order chi connectivity index (χ0) is 12.3. The largest absolute Gasteiger partial charge is 0.465 e. The molecule has 2 N–H and O–H groups in total. The van der Waals surface area contributed by atoms with Gasteiger partial charge in [-0.25, -0.2) is 4.79 Å². The van der Waals surface area contributed by atoms with Crippen LogP contribution in [-0.4, -0.2) is 39.4 Å². The van der Waals surface area contributed by atoms with Gasteiger partial charge in [-0.2, -0.15) is 0 Å². The number of hydrogen-bond donors (Lipinski definition) is 1. The van der Waals surface area contributed by atoms with Gasteiger partial charge >= 0.3 is 5.97 Å². The summed E-state index contributed by atoms with van der Waals surface area (Å²) >= 11 is 1.38. The third-order valence-electron chi connectivity index (χ3n) is 2.65. The molecular weight excluding hydrogens is 240 g/mol. The molecule has 5 nitrogen and oxygen atoms in total. The number of rotatable bonds is 2. The minimum absolute atomic E-state index is 0.371. The van der Waals surface area contributed by atoms with E-state index < -0.39 is 0 Å². The Morgan fingerprint density at radius 3 is 3.12 bits per heavy atom. The van der Waals surface area contributed by atoms with Crippen molar-refractivity contribution in [3.8, 4) is 0 Å². The van der Waals surface area contributed by atoms with Crippen molar-refractivity contribution in [3.05, 3.63) is 10.9 Å². The molecule has 2 rings (SSSR count). The summed E-state index contributed by atoms with van der Waals surface area (Å²) in [6.45, 7) is 3.27. The molecule has 1 saturated heterocycles. The average Bonchev–Trinajstić information content (AvgIpc) is 2.57. The first kappa shape index (κ1) is 12.2. The highest BCUT2D eigenvalue weighted by atomic mass is 32.1. The number of nitrogens with zero attached hydrogens (tertiary/aromatic N) is 1. The van der Waals surface area contributed by atoms with Crippen molar-refractivity contribution in [2.45, 2.75) is 6.42 Å². The first-order chi connectivity index (χ1) is 8.22. The molecule has 0 amide bonds. The Labute approximate surface area is 104 Å². The maximum absolute atomic E-state index is 11.5. The van der Waals surface area contributed by atoms with Crippen molar-refractivity contribution in [2.75, 3.05) is 44.0 Å². The Balaban J connectivity index is 2.18. The minimum atomic E-state index is -0.371. The van der Waals surface area contributed by atoms with Crippen molar-refractivity contribution in [2.24, 2.45) is 0 Å². The van der Waals surface area contributed by atoms with Crippen molar-refractivity contribution in [1.82, 2.24) is 0 Å². The number of esters is 1. The first-order valence-electron chi connectivity index (χ1n) is 5.52. The van der Waals surface area contributed by atoms with Gasteiger partial charge in [-0.3, -0.25) is 0 Å². The zero-order valence-electron chi connectivity index (χ0n) is 9.77. The lowest BCUT2D eigenvalue weighted by Gasteiger charge is -2.19. The van der Waals surface area contributed by atoms with Crippen LogP contribution in [0, 0.1) is 0 Å². The van der Waals surface area contributed by atoms with Gasteiger partial charge < -0.3 is 20.1 Å². The lowest BCUT2D eigenvalue weighted by molar-refractivity contribution is 0.0607. The molecular formula is C11H16N2O3S. The van der Waals surface area contributed by atoms with Crippen molar-refractivity contribution in [3.63, 3.8) is 0 Å². The third kappa shape index (κ3) is 2.70. The van der Waals surface area contributed by atoms with Crippen molar-refractivity contribution >= 4 is 28.0 Å². The topological polar surface area (TPSA) is 64.8 Å². The van der Waals surface area contributed by atoms with Gasteiger partial charge in [-0.15, -0.1) is 11.3 Å². The van der Waals surface area contributed by atoms with E-state index in [-0.39, 0.29) is 5.97 Å². The Bertz CT molecular complexity index is 397. The van der Waals surface area contributed by atoms with E-state index in [0.717, 1.165) is 31.1 Å². The predicted molar refractivity (Wildman–Crippen MR) is 67.7 cm³/mol. The molecule has 17 heavy (non-hydrogen) atoms. The fourth-order valence-electron chi connectivity index (χ4n) is 1.77. The van der Waals surface area contributed by atoms with Crippen LogP contribution in [0.25, 0.3) is 0 Å². The number of anilines is 2. The molecule has 2 heterocycles. The molecule has 1 aliphatic heterocycles. The summed E-state index contributed by atoms with van der Waals surface area (Å²) in [5, 5.41) is 1.01. The van der Waals surface area contributed by atoms with Crippen LogP contribution in [0.2, 0.25) is 0 Å². The minimum Gasteiger partial charge on any atom is -0.465 e. The van der Waals surface area contributed by atoms with Gasteiger partial charge in [0.05, 0.1) is 24.4 Å². The van der Waals surface area contributed by atoms with Gasteiger partial charge in [0.15, 0.2) is 0 Å². The fraction of sp³-hybridized carbons (Fsp3) is 0.545. The van der Waals surface area contributed by atoms with Gasteiger partial charge in [-0.1, -0.05) is 0 Å². The van der Waals surface area contributed by atoms with Crippen LogP contribution >= 0.6 is 11.3 Å². The van der Waals surface area contributed by atoms with Crippen LogP contribution in [-0.2, 0) is 9.47 Å². The average molecular weight is 256 g/mol. The maximum atomic E-state index is 11.5. The molecule has 0 saturated carbocycles. The highest BCUT2D eigenvalue weighted by Gasteiger charge is 2.19. The van der Waals surface area contributed by atoms with Crippen LogP contribution < -0.4 is 10.6 Å². The second-order valence-corrected chi connectivity index (χ2v) is 4.84. The Morgan fingerprint density at radius 2 is 2.35 bits per heavy atom. The second-order valence-electron chi connectivity index (χ2n) is 3.81. The zero-order valence-corrected chi connectivity index (χ0v) is 10.6.